The first-order valence-corrected chi connectivity index (χ1v) is 16.5. The zero-order valence-corrected chi connectivity index (χ0v) is 25.3. The minimum Gasteiger partial charge on any atom is -0.480 e. The number of sulfonamides is 1. The maximum atomic E-state index is 13.6. The average molecular weight is 622 g/mol. The van der Waals surface area contributed by atoms with Gasteiger partial charge < -0.3 is 10.4 Å². The van der Waals surface area contributed by atoms with Crippen molar-refractivity contribution in [2.75, 3.05) is 4.90 Å². The van der Waals surface area contributed by atoms with E-state index >= 15 is 0 Å². The number of hydrogen-bond donors (Lipinski definition) is 2. The van der Waals surface area contributed by atoms with Crippen molar-refractivity contribution in [2.45, 2.75) is 68.3 Å². The van der Waals surface area contributed by atoms with E-state index in [-0.39, 0.29) is 22.6 Å². The molecule has 12 heteroatoms. The molecule has 1 saturated carbocycles. The fourth-order valence-corrected chi connectivity index (χ4v) is 9.67. The Morgan fingerprint density at radius 1 is 0.953 bits per heavy atom. The number of rotatable bonds is 8. The molecule has 3 amide bonds. The number of thiophene rings is 1. The van der Waals surface area contributed by atoms with Crippen LogP contribution in [0.1, 0.15) is 63.1 Å². The number of carbonyl (C=O) groups is 4. The van der Waals surface area contributed by atoms with Crippen LogP contribution >= 0.6 is 11.3 Å². The van der Waals surface area contributed by atoms with Crippen molar-refractivity contribution in [3.05, 3.63) is 81.7 Å². The van der Waals surface area contributed by atoms with Crippen LogP contribution in [0.15, 0.2) is 58.1 Å². The van der Waals surface area contributed by atoms with Crippen LogP contribution in [0.5, 0.6) is 0 Å². The van der Waals surface area contributed by atoms with Crippen molar-refractivity contribution in [3.8, 4) is 0 Å². The highest BCUT2D eigenvalue weighted by atomic mass is 32.2. The highest BCUT2D eigenvalue weighted by Crippen LogP contribution is 2.43. The molecule has 2 N–H and O–H groups in total. The smallest absolute Gasteiger partial charge is 0.326 e. The third kappa shape index (κ3) is 4.96. The first-order chi connectivity index (χ1) is 20.5. The minimum absolute atomic E-state index is 0.0693. The molecule has 3 aliphatic heterocycles. The quantitative estimate of drug-likeness (QED) is 0.364. The number of fused-ring (bicyclic) bond motifs is 4. The number of benzene rings is 2. The number of nitrogens with zero attached hydrogens (tertiary/aromatic N) is 2. The Kier molecular flexibility index (Phi) is 7.47. The van der Waals surface area contributed by atoms with E-state index in [2.05, 4.69) is 5.32 Å². The molecule has 3 fully saturated rings. The van der Waals surface area contributed by atoms with E-state index in [1.54, 1.807) is 49.6 Å². The fraction of sp³-hybridized carbons (Fsp3) is 0.355. The second-order valence-electron chi connectivity index (χ2n) is 11.4. The van der Waals surface area contributed by atoms with Gasteiger partial charge in [0.15, 0.2) is 0 Å². The zero-order chi connectivity index (χ0) is 30.6. The van der Waals surface area contributed by atoms with Crippen molar-refractivity contribution in [2.24, 2.45) is 5.92 Å². The summed E-state index contributed by atoms with van der Waals surface area (Å²) in [7, 11) is -3.92. The molecule has 224 valence electrons. The molecule has 4 aliphatic rings. The molecule has 2 saturated heterocycles. The summed E-state index contributed by atoms with van der Waals surface area (Å²) in [6, 6.07) is 10.6. The van der Waals surface area contributed by atoms with Gasteiger partial charge in [0.05, 0.1) is 16.8 Å². The number of hydrogen-bond acceptors (Lipinski definition) is 7. The van der Waals surface area contributed by atoms with Crippen molar-refractivity contribution < 1.29 is 32.7 Å². The molecule has 7 rings (SSSR count). The second-order valence-corrected chi connectivity index (χ2v) is 14.5. The fourth-order valence-electron chi connectivity index (χ4n) is 6.68. The SMILES string of the molecule is Cc1ccc(C)c2c1C(=O)N(c1ccc(CC(NC(=O)C3C4CCC(CC4)N3S(=O)(=O)c3cccs3)C(=O)O)cc1)C2=O. The maximum Gasteiger partial charge on any atom is 0.326 e. The molecule has 0 radical (unpaired) electrons. The lowest BCUT2D eigenvalue weighted by Gasteiger charge is -2.49. The Morgan fingerprint density at radius 2 is 1.56 bits per heavy atom. The lowest BCUT2D eigenvalue weighted by Crippen LogP contribution is -2.63. The number of carbonyl (C=O) groups excluding carboxylic acids is 3. The van der Waals surface area contributed by atoms with Crippen LogP contribution in [-0.2, 0) is 26.0 Å². The average Bonchev–Trinajstić information content (AvgIpc) is 3.63. The highest BCUT2D eigenvalue weighted by Gasteiger charge is 2.51. The van der Waals surface area contributed by atoms with Gasteiger partial charge in [0.2, 0.25) is 5.91 Å². The van der Waals surface area contributed by atoms with E-state index in [1.807, 2.05) is 12.1 Å². The van der Waals surface area contributed by atoms with E-state index in [1.165, 1.54) is 10.4 Å². The summed E-state index contributed by atoms with van der Waals surface area (Å²) >= 11 is 1.09. The van der Waals surface area contributed by atoms with E-state index in [0.29, 0.717) is 59.2 Å². The number of carboxylic acids is 1. The van der Waals surface area contributed by atoms with Gasteiger partial charge in [0.25, 0.3) is 21.8 Å². The van der Waals surface area contributed by atoms with Crippen molar-refractivity contribution in [1.82, 2.24) is 9.62 Å². The van der Waals surface area contributed by atoms with Gasteiger partial charge in [0.1, 0.15) is 16.3 Å². The van der Waals surface area contributed by atoms with E-state index in [0.717, 1.165) is 16.2 Å². The zero-order valence-electron chi connectivity index (χ0n) is 23.6. The topological polar surface area (TPSA) is 141 Å². The van der Waals surface area contributed by atoms with Crippen LogP contribution in [0.25, 0.3) is 0 Å². The minimum atomic E-state index is -3.92. The van der Waals surface area contributed by atoms with Gasteiger partial charge >= 0.3 is 5.97 Å². The normalized spacial score (nSPS) is 22.5. The van der Waals surface area contributed by atoms with Gasteiger partial charge in [0, 0.05) is 12.5 Å². The lowest BCUT2D eigenvalue weighted by atomic mass is 9.76. The molecule has 2 atom stereocenters. The Labute approximate surface area is 253 Å². The number of imide groups is 1. The Balaban J connectivity index is 1.20. The van der Waals surface area contributed by atoms with Gasteiger partial charge in [-0.3, -0.25) is 14.4 Å². The first-order valence-electron chi connectivity index (χ1n) is 14.2. The van der Waals surface area contributed by atoms with Gasteiger partial charge in [-0.25, -0.2) is 18.1 Å². The summed E-state index contributed by atoms with van der Waals surface area (Å²) in [4.78, 5) is 53.3. The molecule has 2 unspecified atom stereocenters. The van der Waals surface area contributed by atoms with Gasteiger partial charge in [-0.15, -0.1) is 11.3 Å². The molecule has 2 bridgehead atoms. The molecule has 43 heavy (non-hydrogen) atoms. The lowest BCUT2D eigenvalue weighted by molar-refractivity contribution is -0.143. The number of carboxylic acid groups (broad SMARTS) is 1. The van der Waals surface area contributed by atoms with Crippen LogP contribution in [0.2, 0.25) is 0 Å². The highest BCUT2D eigenvalue weighted by molar-refractivity contribution is 7.91. The summed E-state index contributed by atoms with van der Waals surface area (Å²) in [6.45, 7) is 3.57. The molecule has 1 aromatic heterocycles. The summed E-state index contributed by atoms with van der Waals surface area (Å²) in [5, 5.41) is 14.3. The largest absolute Gasteiger partial charge is 0.480 e. The van der Waals surface area contributed by atoms with Gasteiger partial charge in [-0.05, 0) is 85.7 Å². The predicted molar refractivity (Wildman–Crippen MR) is 160 cm³/mol. The van der Waals surface area contributed by atoms with E-state index in [9.17, 15) is 32.7 Å². The van der Waals surface area contributed by atoms with Crippen LogP contribution in [-0.4, -0.2) is 59.6 Å². The van der Waals surface area contributed by atoms with Gasteiger partial charge in [-0.2, -0.15) is 4.31 Å². The van der Waals surface area contributed by atoms with Crippen LogP contribution in [0, 0.1) is 19.8 Å². The Hall–Kier alpha value is -3.87. The van der Waals surface area contributed by atoms with Gasteiger partial charge in [-0.1, -0.05) is 30.3 Å². The number of amides is 3. The Bertz CT molecular complexity index is 1690. The number of aliphatic carboxylic acids is 1. The number of piperidine rings is 2. The van der Waals surface area contributed by atoms with E-state index < -0.39 is 45.8 Å². The molecule has 0 spiro atoms. The summed E-state index contributed by atoms with van der Waals surface area (Å²) in [6.07, 6.45) is 2.67. The molecule has 1 aliphatic carbocycles. The second kappa shape index (κ2) is 11.0. The van der Waals surface area contributed by atoms with Crippen molar-refractivity contribution in [3.63, 3.8) is 0 Å². The summed E-state index contributed by atoms with van der Waals surface area (Å²) in [5.41, 5.74) is 3.12. The Morgan fingerprint density at radius 3 is 2.09 bits per heavy atom. The molecule has 2 aromatic carbocycles. The predicted octanol–water partition coefficient (Wildman–Crippen LogP) is 3.91. The molecular weight excluding hydrogens is 590 g/mol. The summed E-state index contributed by atoms with van der Waals surface area (Å²) in [5.74, 6) is -2.88. The molecular formula is C31H31N3O7S2. The third-order valence-corrected chi connectivity index (χ3v) is 12.1. The van der Waals surface area contributed by atoms with Crippen LogP contribution in [0.3, 0.4) is 0 Å². The molecule has 4 heterocycles. The monoisotopic (exact) mass is 621 g/mol. The van der Waals surface area contributed by atoms with E-state index in [4.69, 9.17) is 0 Å². The summed E-state index contributed by atoms with van der Waals surface area (Å²) < 4.78 is 28.6. The maximum absolute atomic E-state index is 13.6. The standard InChI is InChI=1S/C31H31N3O7S2/c1-17-5-6-18(2)26-25(17)29(36)33(30(26)37)21-11-7-19(8-12-21)16-23(31(38)39)32-28(35)27-20-9-13-22(14-10-20)34(27)43(40,41)24-4-3-15-42-24/h3-8,11-12,15,20,22-23,27H,9-10,13-14,16H2,1-2H3,(H,32,35)(H,38,39). The van der Waals surface area contributed by atoms with Crippen molar-refractivity contribution >= 4 is 50.7 Å². The number of aryl methyl sites for hydroxylation is 2. The number of anilines is 1. The van der Waals surface area contributed by atoms with Crippen LogP contribution < -0.4 is 10.2 Å². The molecule has 10 nitrogen and oxygen atoms in total. The third-order valence-electron chi connectivity index (χ3n) is 8.82. The number of nitrogens with one attached hydrogen (secondary N) is 1. The first kappa shape index (κ1) is 29.2. The van der Waals surface area contributed by atoms with Crippen molar-refractivity contribution in [1.29, 1.82) is 0 Å². The van der Waals surface area contributed by atoms with Crippen LogP contribution in [0.4, 0.5) is 5.69 Å². The molecule has 3 aromatic rings.